The minimum absolute atomic E-state index is 0.00252. The summed E-state index contributed by atoms with van der Waals surface area (Å²) in [7, 11) is 3.38. The van der Waals surface area contributed by atoms with E-state index in [1.165, 1.54) is 28.0 Å². The summed E-state index contributed by atoms with van der Waals surface area (Å²) in [6.07, 6.45) is 0. The van der Waals surface area contributed by atoms with Gasteiger partial charge in [-0.2, -0.15) is 0 Å². The Bertz CT molecular complexity index is 667. The van der Waals surface area contributed by atoms with Gasteiger partial charge in [-0.25, -0.2) is 0 Å². The Morgan fingerprint density at radius 2 is 2.00 bits per heavy atom. The largest absolute Gasteiger partial charge is 0.345 e. The molecule has 0 aliphatic heterocycles. The molecule has 1 amide bonds. The average Bonchev–Trinajstić information content (AvgIpc) is 2.95. The Balaban J connectivity index is 2.01. The van der Waals surface area contributed by atoms with Crippen LogP contribution in [0.3, 0.4) is 0 Å². The van der Waals surface area contributed by atoms with Crippen LogP contribution in [-0.4, -0.2) is 36.4 Å². The van der Waals surface area contributed by atoms with Crippen LogP contribution in [0.25, 0.3) is 0 Å². The number of thiophene rings is 1. The van der Waals surface area contributed by atoms with E-state index >= 15 is 0 Å². The summed E-state index contributed by atoms with van der Waals surface area (Å²) in [5.41, 5.74) is 0.552. The highest BCUT2D eigenvalue weighted by atomic mass is 35.5. The van der Waals surface area contributed by atoms with Crippen molar-refractivity contribution in [2.75, 3.05) is 19.8 Å². The topological polar surface area (TPSA) is 37.4 Å². The number of nitrogens with zero attached hydrogens (tertiary/aromatic N) is 1. The maximum absolute atomic E-state index is 12.2. The summed E-state index contributed by atoms with van der Waals surface area (Å²) in [6.45, 7) is 0. The lowest BCUT2D eigenvalue weighted by molar-refractivity contribution is 0.0828. The van der Waals surface area contributed by atoms with Gasteiger partial charge in [0.2, 0.25) is 0 Å². The predicted molar refractivity (Wildman–Crippen MR) is 88.8 cm³/mol. The Kier molecular flexibility index (Phi) is 5.45. The normalized spacial score (nSPS) is 10.4. The number of benzene rings is 1. The first-order valence-corrected chi connectivity index (χ1v) is 8.44. The molecule has 0 radical (unpaired) electrons. The first-order valence-electron chi connectivity index (χ1n) is 6.19. The standard InChI is InChI=1S/C15H14ClNO2S2/c1-17(2)15(19)10-7-14(20-8-10)12(18)9-21-13-6-4-3-5-11(13)16/h3-8H,9H2,1-2H3. The van der Waals surface area contributed by atoms with Crippen LogP contribution >= 0.6 is 34.7 Å². The van der Waals surface area contributed by atoms with E-state index in [9.17, 15) is 9.59 Å². The van der Waals surface area contributed by atoms with Crippen molar-refractivity contribution in [3.63, 3.8) is 0 Å². The molecule has 0 spiro atoms. The number of rotatable bonds is 5. The molecule has 6 heteroatoms. The lowest BCUT2D eigenvalue weighted by Crippen LogP contribution is -2.20. The highest BCUT2D eigenvalue weighted by molar-refractivity contribution is 8.00. The van der Waals surface area contributed by atoms with E-state index in [1.54, 1.807) is 31.6 Å². The molecule has 0 N–H and O–H groups in total. The summed E-state index contributed by atoms with van der Waals surface area (Å²) in [5, 5.41) is 2.36. The highest BCUT2D eigenvalue weighted by Gasteiger charge is 2.15. The molecule has 0 saturated carbocycles. The zero-order valence-electron chi connectivity index (χ0n) is 11.6. The lowest BCUT2D eigenvalue weighted by Gasteiger charge is -2.07. The van der Waals surface area contributed by atoms with Crippen LogP contribution < -0.4 is 0 Å². The molecule has 2 rings (SSSR count). The second kappa shape index (κ2) is 7.11. The minimum Gasteiger partial charge on any atom is -0.345 e. The number of amides is 1. The first kappa shape index (κ1) is 16.1. The van der Waals surface area contributed by atoms with Gasteiger partial charge in [0.1, 0.15) is 0 Å². The van der Waals surface area contributed by atoms with Gasteiger partial charge >= 0.3 is 0 Å². The smallest absolute Gasteiger partial charge is 0.254 e. The molecule has 1 aromatic heterocycles. The molecule has 0 saturated heterocycles. The van der Waals surface area contributed by atoms with Gasteiger partial charge in [-0.05, 0) is 18.2 Å². The zero-order chi connectivity index (χ0) is 15.4. The van der Waals surface area contributed by atoms with Crippen LogP contribution in [0.2, 0.25) is 5.02 Å². The van der Waals surface area contributed by atoms with Crippen molar-refractivity contribution in [1.29, 1.82) is 0 Å². The average molecular weight is 340 g/mol. The fraction of sp³-hybridized carbons (Fsp3) is 0.200. The van der Waals surface area contributed by atoms with E-state index in [1.807, 2.05) is 18.2 Å². The number of halogens is 1. The second-order valence-electron chi connectivity index (χ2n) is 4.54. The monoisotopic (exact) mass is 339 g/mol. The van der Waals surface area contributed by atoms with Crippen molar-refractivity contribution in [3.8, 4) is 0 Å². The number of hydrogen-bond acceptors (Lipinski definition) is 4. The molecule has 0 fully saturated rings. The maximum Gasteiger partial charge on any atom is 0.254 e. The Hall–Kier alpha value is -1.30. The predicted octanol–water partition coefficient (Wildman–Crippen LogP) is 4.08. The number of carbonyl (C=O) groups excluding carboxylic acids is 2. The molecular weight excluding hydrogens is 326 g/mol. The van der Waals surface area contributed by atoms with Gasteiger partial charge < -0.3 is 4.90 Å². The molecule has 0 aliphatic carbocycles. The van der Waals surface area contributed by atoms with Crippen molar-refractivity contribution < 1.29 is 9.59 Å². The second-order valence-corrected chi connectivity index (χ2v) is 6.88. The van der Waals surface area contributed by atoms with Gasteiger partial charge in [0, 0.05) is 24.4 Å². The van der Waals surface area contributed by atoms with Gasteiger partial charge in [-0.3, -0.25) is 9.59 Å². The van der Waals surface area contributed by atoms with E-state index in [0.717, 1.165) is 4.90 Å². The van der Waals surface area contributed by atoms with E-state index in [4.69, 9.17) is 11.6 Å². The fourth-order valence-corrected chi connectivity index (χ4v) is 3.66. The van der Waals surface area contributed by atoms with Gasteiger partial charge in [0.15, 0.2) is 5.78 Å². The van der Waals surface area contributed by atoms with Gasteiger partial charge in [0.05, 0.1) is 21.2 Å². The molecule has 0 unspecified atom stereocenters. The SMILES string of the molecule is CN(C)C(=O)c1csc(C(=O)CSc2ccccc2Cl)c1. The van der Waals surface area contributed by atoms with Crippen LogP contribution in [0, 0.1) is 0 Å². The van der Waals surface area contributed by atoms with Gasteiger partial charge in [-0.1, -0.05) is 23.7 Å². The van der Waals surface area contributed by atoms with E-state index < -0.39 is 0 Å². The number of thioether (sulfide) groups is 1. The lowest BCUT2D eigenvalue weighted by atomic mass is 10.2. The molecule has 21 heavy (non-hydrogen) atoms. The van der Waals surface area contributed by atoms with Crippen molar-refractivity contribution >= 4 is 46.4 Å². The van der Waals surface area contributed by atoms with Crippen LogP contribution in [0.15, 0.2) is 40.6 Å². The van der Waals surface area contributed by atoms with Crippen molar-refractivity contribution in [3.05, 3.63) is 51.2 Å². The van der Waals surface area contributed by atoms with Crippen molar-refractivity contribution in [2.45, 2.75) is 4.90 Å². The molecule has 0 bridgehead atoms. The maximum atomic E-state index is 12.2. The third-order valence-electron chi connectivity index (χ3n) is 2.72. The number of ketones is 1. The first-order chi connectivity index (χ1) is 9.99. The zero-order valence-corrected chi connectivity index (χ0v) is 14.0. The van der Waals surface area contributed by atoms with Crippen LogP contribution in [-0.2, 0) is 0 Å². The van der Waals surface area contributed by atoms with Crippen LogP contribution in [0.4, 0.5) is 0 Å². The molecule has 1 aromatic carbocycles. The summed E-state index contributed by atoms with van der Waals surface area (Å²) >= 11 is 8.76. The van der Waals surface area contributed by atoms with E-state index in [-0.39, 0.29) is 11.7 Å². The van der Waals surface area contributed by atoms with Gasteiger partial charge in [0.25, 0.3) is 5.91 Å². The van der Waals surface area contributed by atoms with E-state index in [2.05, 4.69) is 0 Å². The highest BCUT2D eigenvalue weighted by Crippen LogP contribution is 2.28. The minimum atomic E-state index is -0.0935. The van der Waals surface area contributed by atoms with Crippen LogP contribution in [0.5, 0.6) is 0 Å². The Morgan fingerprint density at radius 1 is 1.29 bits per heavy atom. The molecule has 0 atom stereocenters. The van der Waals surface area contributed by atoms with Crippen LogP contribution in [0.1, 0.15) is 20.0 Å². The third-order valence-corrected chi connectivity index (χ3v) is 5.21. The Labute approximate surface area is 136 Å². The molecule has 0 aliphatic rings. The van der Waals surface area contributed by atoms with Gasteiger partial charge in [-0.15, -0.1) is 23.1 Å². The third kappa shape index (κ3) is 4.09. The van der Waals surface area contributed by atoms with Crippen molar-refractivity contribution in [2.24, 2.45) is 0 Å². The molecule has 2 aromatic rings. The molecule has 110 valence electrons. The summed E-state index contributed by atoms with van der Waals surface area (Å²) in [5.74, 6) is 0.214. The summed E-state index contributed by atoms with van der Waals surface area (Å²) in [4.78, 5) is 26.9. The molecular formula is C15H14ClNO2S2. The van der Waals surface area contributed by atoms with Crippen molar-refractivity contribution in [1.82, 2.24) is 4.90 Å². The number of hydrogen-bond donors (Lipinski definition) is 0. The Morgan fingerprint density at radius 3 is 2.67 bits per heavy atom. The number of carbonyl (C=O) groups is 2. The summed E-state index contributed by atoms with van der Waals surface area (Å²) in [6, 6.07) is 9.08. The number of Topliss-reactive ketones (excluding diaryl/α,β-unsaturated/α-hetero) is 1. The van der Waals surface area contributed by atoms with E-state index in [0.29, 0.717) is 21.2 Å². The molecule has 3 nitrogen and oxygen atoms in total. The fourth-order valence-electron chi connectivity index (χ4n) is 1.63. The molecule has 1 heterocycles. The summed E-state index contributed by atoms with van der Waals surface area (Å²) < 4.78 is 0. The quantitative estimate of drug-likeness (QED) is 0.608.